The zero-order valence-electron chi connectivity index (χ0n) is 19.5. The van der Waals surface area contributed by atoms with Gasteiger partial charge in [-0.2, -0.15) is 0 Å². The average Bonchev–Trinajstić information content (AvgIpc) is 3.17. The number of imidazole rings is 1. The Balaban J connectivity index is 1.41. The third-order valence-electron chi connectivity index (χ3n) is 6.41. The predicted octanol–water partition coefficient (Wildman–Crippen LogP) is 3.32. The second-order valence-corrected chi connectivity index (χ2v) is 8.66. The molecule has 1 atom stereocenters. The summed E-state index contributed by atoms with van der Waals surface area (Å²) in [7, 11) is 1.57. The highest BCUT2D eigenvalue weighted by atomic mass is 16.7. The van der Waals surface area contributed by atoms with E-state index in [4.69, 9.17) is 19.2 Å². The largest absolute Gasteiger partial charge is 0.478 e. The van der Waals surface area contributed by atoms with E-state index in [1.807, 2.05) is 28.8 Å². The van der Waals surface area contributed by atoms with Crippen LogP contribution in [0.2, 0.25) is 0 Å². The summed E-state index contributed by atoms with van der Waals surface area (Å²) >= 11 is 0. The van der Waals surface area contributed by atoms with Crippen LogP contribution in [-0.2, 0) is 27.4 Å². The molecule has 3 heterocycles. The fourth-order valence-electron chi connectivity index (χ4n) is 4.46. The fourth-order valence-corrected chi connectivity index (χ4v) is 4.46. The van der Waals surface area contributed by atoms with Crippen LogP contribution in [0.15, 0.2) is 48.5 Å². The van der Waals surface area contributed by atoms with Crippen LogP contribution in [-0.4, -0.2) is 64.6 Å². The van der Waals surface area contributed by atoms with Crippen LogP contribution in [0.4, 0.5) is 0 Å². The summed E-state index contributed by atoms with van der Waals surface area (Å²) in [5.74, 6) is 0.308. The summed E-state index contributed by atoms with van der Waals surface area (Å²) in [6, 6.07) is 12.5. The summed E-state index contributed by atoms with van der Waals surface area (Å²) < 4.78 is 18.3. The minimum atomic E-state index is -0.986. The highest BCUT2D eigenvalue weighted by Gasteiger charge is 2.26. The maximum Gasteiger partial charge on any atom is 0.335 e. The predicted molar refractivity (Wildman–Crippen MR) is 128 cm³/mol. The first kappa shape index (κ1) is 23.1. The van der Waals surface area contributed by atoms with Crippen molar-refractivity contribution >= 4 is 28.5 Å². The minimum Gasteiger partial charge on any atom is -0.478 e. The number of carboxylic acid groups (broad SMARTS) is 1. The number of hydrogen-bond acceptors (Lipinski definition) is 6. The van der Waals surface area contributed by atoms with E-state index in [0.29, 0.717) is 43.1 Å². The van der Waals surface area contributed by atoms with Crippen molar-refractivity contribution in [2.75, 3.05) is 27.1 Å². The van der Waals surface area contributed by atoms with Crippen LogP contribution in [0.1, 0.15) is 34.6 Å². The number of rotatable bonds is 9. The summed E-state index contributed by atoms with van der Waals surface area (Å²) in [6.07, 6.45) is 3.33. The number of carboxylic acids is 1. The molecule has 2 aliphatic rings. The molecule has 1 aromatic heterocycles. The van der Waals surface area contributed by atoms with E-state index in [-0.39, 0.29) is 24.4 Å². The van der Waals surface area contributed by atoms with Crippen LogP contribution in [0, 0.1) is 0 Å². The van der Waals surface area contributed by atoms with Crippen molar-refractivity contribution in [3.8, 4) is 5.75 Å². The summed E-state index contributed by atoms with van der Waals surface area (Å²) in [5, 5.41) is 9.43. The Morgan fingerprint density at radius 3 is 2.80 bits per heavy atom. The van der Waals surface area contributed by atoms with Gasteiger partial charge in [0.05, 0.1) is 35.8 Å². The van der Waals surface area contributed by atoms with Crippen LogP contribution in [0.25, 0.3) is 16.6 Å². The molecule has 9 heteroatoms. The Bertz CT molecular complexity index is 1290. The highest BCUT2D eigenvalue weighted by molar-refractivity contribution is 5.97. The number of fused-ring (bicyclic) bond motifs is 1. The number of nitrogens with zero attached hydrogens (tertiary/aromatic N) is 3. The first-order valence-electron chi connectivity index (χ1n) is 11.6. The lowest BCUT2D eigenvalue weighted by Crippen LogP contribution is -2.36. The second-order valence-electron chi connectivity index (χ2n) is 8.66. The topological polar surface area (TPSA) is 103 Å². The Morgan fingerprint density at radius 2 is 2.09 bits per heavy atom. The molecule has 0 spiro atoms. The summed E-state index contributed by atoms with van der Waals surface area (Å²) in [4.78, 5) is 31.1. The monoisotopic (exact) mass is 477 g/mol. The van der Waals surface area contributed by atoms with Gasteiger partial charge in [0.1, 0.15) is 11.6 Å². The van der Waals surface area contributed by atoms with E-state index in [1.54, 1.807) is 36.3 Å². The van der Waals surface area contributed by atoms with Gasteiger partial charge in [0, 0.05) is 31.9 Å². The number of ether oxygens (including phenoxy) is 3. The SMILES string of the molecule is COCOc1ccccc1C1=CC(=O)N(Cc2nc3ccc(C(=O)O)cc3n2CC2CCO2)CC1. The van der Waals surface area contributed by atoms with Crippen LogP contribution < -0.4 is 4.74 Å². The maximum absolute atomic E-state index is 13.1. The second kappa shape index (κ2) is 9.89. The number of para-hydroxylation sites is 1. The lowest BCUT2D eigenvalue weighted by Gasteiger charge is -2.29. The third-order valence-corrected chi connectivity index (χ3v) is 6.41. The molecule has 9 nitrogen and oxygen atoms in total. The minimum absolute atomic E-state index is 0.0618. The van der Waals surface area contributed by atoms with Crippen molar-refractivity contribution < 1.29 is 28.9 Å². The van der Waals surface area contributed by atoms with Gasteiger partial charge in [-0.05, 0) is 42.7 Å². The van der Waals surface area contributed by atoms with E-state index in [1.165, 1.54) is 0 Å². The van der Waals surface area contributed by atoms with E-state index in [2.05, 4.69) is 0 Å². The molecule has 5 rings (SSSR count). The van der Waals surface area contributed by atoms with Gasteiger partial charge in [-0.25, -0.2) is 9.78 Å². The quantitative estimate of drug-likeness (QED) is 0.472. The van der Waals surface area contributed by atoms with E-state index in [9.17, 15) is 14.7 Å². The smallest absolute Gasteiger partial charge is 0.335 e. The molecule has 1 fully saturated rings. The lowest BCUT2D eigenvalue weighted by molar-refractivity contribution is -0.127. The third kappa shape index (κ3) is 4.78. The molecule has 0 radical (unpaired) electrons. The van der Waals surface area contributed by atoms with Crippen LogP contribution in [0.5, 0.6) is 5.75 Å². The molecule has 1 amide bonds. The van der Waals surface area contributed by atoms with Crippen LogP contribution in [0.3, 0.4) is 0 Å². The average molecular weight is 478 g/mol. The van der Waals surface area contributed by atoms with Gasteiger partial charge in [0.25, 0.3) is 0 Å². The van der Waals surface area contributed by atoms with Gasteiger partial charge in [-0.15, -0.1) is 0 Å². The molecule has 2 aliphatic heterocycles. The summed E-state index contributed by atoms with van der Waals surface area (Å²) in [5.41, 5.74) is 3.44. The van der Waals surface area contributed by atoms with Gasteiger partial charge in [0.15, 0.2) is 6.79 Å². The molecular formula is C26H27N3O6. The maximum atomic E-state index is 13.1. The first-order chi connectivity index (χ1) is 17.0. The highest BCUT2D eigenvalue weighted by Crippen LogP contribution is 2.31. The van der Waals surface area contributed by atoms with Gasteiger partial charge in [-0.1, -0.05) is 18.2 Å². The van der Waals surface area contributed by atoms with Crippen molar-refractivity contribution in [2.45, 2.75) is 32.0 Å². The number of carbonyl (C=O) groups excluding carboxylic acids is 1. The summed E-state index contributed by atoms with van der Waals surface area (Å²) in [6.45, 7) is 2.29. The van der Waals surface area contributed by atoms with Gasteiger partial charge in [-0.3, -0.25) is 4.79 Å². The standard InChI is InChI=1S/C26H27N3O6/c1-33-16-35-23-5-3-2-4-20(23)17-8-10-28(25(30)13-17)15-24-27-21-7-6-18(26(31)32)12-22(21)29(24)14-19-9-11-34-19/h2-7,12-13,19H,8-11,14-16H2,1H3,(H,31,32). The molecule has 0 aliphatic carbocycles. The molecule has 2 aromatic carbocycles. The first-order valence-corrected chi connectivity index (χ1v) is 11.6. The van der Waals surface area contributed by atoms with Gasteiger partial charge < -0.3 is 28.8 Å². The molecule has 3 aromatic rings. The molecule has 0 saturated carbocycles. The molecule has 182 valence electrons. The Kier molecular flexibility index (Phi) is 6.52. The van der Waals surface area contributed by atoms with Crippen molar-refractivity contribution in [1.29, 1.82) is 0 Å². The van der Waals surface area contributed by atoms with E-state index >= 15 is 0 Å². The van der Waals surface area contributed by atoms with E-state index < -0.39 is 5.97 Å². The normalized spacial score (nSPS) is 17.9. The number of amides is 1. The van der Waals surface area contributed by atoms with Gasteiger partial charge >= 0.3 is 5.97 Å². The molecule has 0 bridgehead atoms. The zero-order chi connectivity index (χ0) is 24.4. The zero-order valence-corrected chi connectivity index (χ0v) is 19.5. The molecule has 1 N–H and O–H groups in total. The lowest BCUT2D eigenvalue weighted by atomic mass is 9.98. The fraction of sp³-hybridized carbons (Fsp3) is 0.346. The molecule has 1 unspecified atom stereocenters. The number of methoxy groups -OCH3 is 1. The van der Waals surface area contributed by atoms with E-state index in [0.717, 1.165) is 29.7 Å². The molecular weight excluding hydrogens is 450 g/mol. The van der Waals surface area contributed by atoms with Crippen LogP contribution >= 0.6 is 0 Å². The molecule has 1 saturated heterocycles. The van der Waals surface area contributed by atoms with Gasteiger partial charge in [0.2, 0.25) is 5.91 Å². The Labute approximate surface area is 202 Å². The molecule has 35 heavy (non-hydrogen) atoms. The van der Waals surface area contributed by atoms with Crippen molar-refractivity contribution in [3.05, 3.63) is 65.5 Å². The Morgan fingerprint density at radius 1 is 1.26 bits per heavy atom. The Hall–Kier alpha value is -3.69. The number of aromatic nitrogens is 2. The number of aromatic carboxylic acids is 1. The van der Waals surface area contributed by atoms with Crippen molar-refractivity contribution in [1.82, 2.24) is 14.5 Å². The van der Waals surface area contributed by atoms with Crippen molar-refractivity contribution in [2.24, 2.45) is 0 Å². The number of hydrogen-bond donors (Lipinski definition) is 1. The number of benzene rings is 2. The number of carbonyl (C=O) groups is 2. The van der Waals surface area contributed by atoms with Crippen molar-refractivity contribution in [3.63, 3.8) is 0 Å².